The molecule has 0 amide bonds. The first-order valence-corrected chi connectivity index (χ1v) is 9.34. The van der Waals surface area contributed by atoms with Gasteiger partial charge in [-0.05, 0) is 48.0 Å². The van der Waals surface area contributed by atoms with Crippen molar-refractivity contribution in [3.63, 3.8) is 0 Å². The average molecular weight is 441 g/mol. The monoisotopic (exact) mass is 440 g/mol. The van der Waals surface area contributed by atoms with Crippen LogP contribution >= 0.6 is 15.9 Å². The third-order valence-corrected chi connectivity index (χ3v) is 4.46. The van der Waals surface area contributed by atoms with Gasteiger partial charge in [0, 0.05) is 10.9 Å². The quantitative estimate of drug-likeness (QED) is 0.413. The van der Waals surface area contributed by atoms with Crippen molar-refractivity contribution in [1.82, 2.24) is 0 Å². The van der Waals surface area contributed by atoms with E-state index in [1.165, 1.54) is 17.7 Å². The van der Waals surface area contributed by atoms with Crippen molar-refractivity contribution in [2.75, 3.05) is 6.61 Å². The van der Waals surface area contributed by atoms with E-state index in [1.807, 2.05) is 30.3 Å². The summed E-state index contributed by atoms with van der Waals surface area (Å²) in [7, 11) is 0. The van der Waals surface area contributed by atoms with Gasteiger partial charge in [-0.25, -0.2) is 9.59 Å². The smallest absolute Gasteiger partial charge is 0.343 e. The van der Waals surface area contributed by atoms with Gasteiger partial charge in [-0.3, -0.25) is 0 Å². The largest absolute Gasteiger partial charge is 0.493 e. The fourth-order valence-corrected chi connectivity index (χ4v) is 2.90. The molecule has 0 saturated heterocycles. The van der Waals surface area contributed by atoms with Crippen LogP contribution in [0.25, 0.3) is 0 Å². The molecular formula is C22H17BrO5. The molecule has 3 aromatic rings. The number of ether oxygens (including phenoxy) is 2. The number of halogens is 1. The number of hydrogen-bond acceptors (Lipinski definition) is 4. The molecule has 0 atom stereocenters. The molecule has 142 valence electrons. The maximum absolute atomic E-state index is 12.3. The van der Waals surface area contributed by atoms with Crippen LogP contribution in [0.3, 0.4) is 0 Å². The van der Waals surface area contributed by atoms with Gasteiger partial charge in [-0.2, -0.15) is 0 Å². The van der Waals surface area contributed by atoms with E-state index in [4.69, 9.17) is 9.47 Å². The van der Waals surface area contributed by atoms with E-state index in [9.17, 15) is 14.7 Å². The SMILES string of the molecule is O=C(Oc1ccc(Br)cc1C(=O)O)c1ccc(OCCc2ccccc2)cc1. The Bertz CT molecular complexity index is 968. The van der Waals surface area contributed by atoms with Crippen molar-refractivity contribution in [3.05, 3.63) is 94.0 Å². The Morgan fingerprint density at radius 3 is 2.32 bits per heavy atom. The molecule has 0 aliphatic rings. The molecule has 0 aliphatic heterocycles. The topological polar surface area (TPSA) is 72.8 Å². The minimum Gasteiger partial charge on any atom is -0.493 e. The third-order valence-electron chi connectivity index (χ3n) is 3.97. The first-order chi connectivity index (χ1) is 13.5. The molecule has 0 heterocycles. The van der Waals surface area contributed by atoms with Crippen molar-refractivity contribution in [2.45, 2.75) is 6.42 Å². The zero-order chi connectivity index (χ0) is 19.9. The molecule has 0 bridgehead atoms. The highest BCUT2D eigenvalue weighted by Crippen LogP contribution is 2.24. The van der Waals surface area contributed by atoms with Gasteiger partial charge >= 0.3 is 11.9 Å². The van der Waals surface area contributed by atoms with Crippen molar-refractivity contribution >= 4 is 27.9 Å². The summed E-state index contributed by atoms with van der Waals surface area (Å²) in [4.78, 5) is 23.6. The van der Waals surface area contributed by atoms with Gasteiger partial charge in [0.25, 0.3) is 0 Å². The van der Waals surface area contributed by atoms with Gasteiger partial charge in [0.1, 0.15) is 17.1 Å². The van der Waals surface area contributed by atoms with Gasteiger partial charge in [-0.1, -0.05) is 46.3 Å². The van der Waals surface area contributed by atoms with Crippen LogP contribution in [0.15, 0.2) is 77.3 Å². The maximum atomic E-state index is 12.3. The number of carboxylic acids is 1. The molecule has 0 radical (unpaired) electrons. The molecule has 28 heavy (non-hydrogen) atoms. The van der Waals surface area contributed by atoms with E-state index in [0.717, 1.165) is 6.42 Å². The molecular weight excluding hydrogens is 424 g/mol. The molecule has 3 rings (SSSR count). The second-order valence-electron chi connectivity index (χ2n) is 5.94. The highest BCUT2D eigenvalue weighted by atomic mass is 79.9. The first-order valence-electron chi connectivity index (χ1n) is 8.55. The summed E-state index contributed by atoms with van der Waals surface area (Å²) in [6.45, 7) is 0.522. The van der Waals surface area contributed by atoms with E-state index in [2.05, 4.69) is 15.9 Å². The lowest BCUT2D eigenvalue weighted by Gasteiger charge is -2.09. The molecule has 0 aromatic heterocycles. The van der Waals surface area contributed by atoms with Crippen molar-refractivity contribution in [3.8, 4) is 11.5 Å². The Kier molecular flexibility index (Phi) is 6.45. The van der Waals surface area contributed by atoms with Crippen LogP contribution in [0, 0.1) is 0 Å². The van der Waals surface area contributed by atoms with Crippen molar-refractivity contribution in [2.24, 2.45) is 0 Å². The molecule has 0 fully saturated rings. The van der Waals surface area contributed by atoms with E-state index in [-0.39, 0.29) is 11.3 Å². The van der Waals surface area contributed by atoms with Gasteiger partial charge in [0.05, 0.1) is 12.2 Å². The summed E-state index contributed by atoms with van der Waals surface area (Å²) in [5, 5.41) is 9.25. The maximum Gasteiger partial charge on any atom is 0.343 e. The third kappa shape index (κ3) is 5.20. The lowest BCUT2D eigenvalue weighted by Crippen LogP contribution is -2.11. The summed E-state index contributed by atoms with van der Waals surface area (Å²) in [5.41, 5.74) is 1.39. The lowest BCUT2D eigenvalue weighted by molar-refractivity contribution is 0.0681. The summed E-state index contributed by atoms with van der Waals surface area (Å²) < 4.78 is 11.5. The fourth-order valence-electron chi connectivity index (χ4n) is 2.54. The molecule has 0 spiro atoms. The number of aromatic carboxylic acids is 1. The van der Waals surface area contributed by atoms with Crippen LogP contribution in [0.2, 0.25) is 0 Å². The number of hydrogen-bond donors (Lipinski definition) is 1. The second kappa shape index (κ2) is 9.19. The molecule has 0 saturated carbocycles. The van der Waals surface area contributed by atoms with Crippen LogP contribution in [0.4, 0.5) is 0 Å². The van der Waals surface area contributed by atoms with Crippen LogP contribution in [0.1, 0.15) is 26.3 Å². The Morgan fingerprint density at radius 1 is 0.929 bits per heavy atom. The van der Waals surface area contributed by atoms with Crippen LogP contribution in [0.5, 0.6) is 11.5 Å². The highest BCUT2D eigenvalue weighted by Gasteiger charge is 2.16. The van der Waals surface area contributed by atoms with E-state index < -0.39 is 11.9 Å². The highest BCUT2D eigenvalue weighted by molar-refractivity contribution is 9.10. The molecule has 6 heteroatoms. The number of carbonyl (C=O) groups excluding carboxylic acids is 1. The Labute approximate surface area is 170 Å². The van der Waals surface area contributed by atoms with Crippen LogP contribution in [-0.2, 0) is 6.42 Å². The van der Waals surface area contributed by atoms with Gasteiger partial charge in [0.15, 0.2) is 0 Å². The van der Waals surface area contributed by atoms with Gasteiger partial charge in [0.2, 0.25) is 0 Å². The lowest BCUT2D eigenvalue weighted by atomic mass is 10.2. The average Bonchev–Trinajstić information content (AvgIpc) is 2.70. The van der Waals surface area contributed by atoms with E-state index in [0.29, 0.717) is 22.4 Å². The number of rotatable bonds is 7. The fraction of sp³-hybridized carbons (Fsp3) is 0.0909. The zero-order valence-electron chi connectivity index (χ0n) is 14.8. The minimum atomic E-state index is -1.17. The standard InChI is InChI=1S/C22H17BrO5/c23-17-8-11-20(19(14-17)21(24)25)28-22(26)16-6-9-18(10-7-16)27-13-12-15-4-2-1-3-5-15/h1-11,14H,12-13H2,(H,24,25). The van der Waals surface area contributed by atoms with Crippen LogP contribution < -0.4 is 9.47 Å². The first kappa shape index (κ1) is 19.6. The molecule has 1 N–H and O–H groups in total. The van der Waals surface area contributed by atoms with E-state index in [1.54, 1.807) is 30.3 Å². The molecule has 5 nitrogen and oxygen atoms in total. The summed E-state index contributed by atoms with van der Waals surface area (Å²) in [6, 6.07) is 21.0. The Hall–Kier alpha value is -3.12. The number of carbonyl (C=O) groups is 2. The summed E-state index contributed by atoms with van der Waals surface area (Å²) in [5.74, 6) is -1.18. The molecule has 3 aromatic carbocycles. The Morgan fingerprint density at radius 2 is 1.64 bits per heavy atom. The normalized spacial score (nSPS) is 10.3. The summed E-state index contributed by atoms with van der Waals surface area (Å²) >= 11 is 3.20. The van der Waals surface area contributed by atoms with Crippen molar-refractivity contribution in [1.29, 1.82) is 0 Å². The van der Waals surface area contributed by atoms with Crippen LogP contribution in [-0.4, -0.2) is 23.7 Å². The number of benzene rings is 3. The molecule has 0 aliphatic carbocycles. The number of carboxylic acid groups (broad SMARTS) is 1. The zero-order valence-corrected chi connectivity index (χ0v) is 16.4. The van der Waals surface area contributed by atoms with Gasteiger partial charge < -0.3 is 14.6 Å². The van der Waals surface area contributed by atoms with E-state index >= 15 is 0 Å². The minimum absolute atomic E-state index is 0.0103. The Balaban J connectivity index is 1.60. The number of esters is 1. The summed E-state index contributed by atoms with van der Waals surface area (Å²) in [6.07, 6.45) is 0.784. The van der Waals surface area contributed by atoms with Gasteiger partial charge in [-0.15, -0.1) is 0 Å². The molecule has 0 unspecified atom stereocenters. The predicted octanol–water partition coefficient (Wildman–Crippen LogP) is 4.99. The predicted molar refractivity (Wildman–Crippen MR) is 108 cm³/mol. The second-order valence-corrected chi connectivity index (χ2v) is 6.86. The van der Waals surface area contributed by atoms with Crippen molar-refractivity contribution < 1.29 is 24.2 Å².